The fraction of sp³-hybridized carbons (Fsp3) is 0.105. The van der Waals surface area contributed by atoms with Gasteiger partial charge in [0, 0.05) is 15.6 Å². The van der Waals surface area contributed by atoms with Gasteiger partial charge in [0.05, 0.1) is 0 Å². The van der Waals surface area contributed by atoms with E-state index in [-0.39, 0.29) is 4.88 Å². The molecule has 1 aromatic heterocycles. The molecule has 0 aliphatic carbocycles. The number of fused-ring (bicyclic) bond motifs is 1. The van der Waals surface area contributed by atoms with E-state index < -0.39 is 30.2 Å². The molecule has 0 fully saturated rings. The van der Waals surface area contributed by atoms with Crippen LogP contribution in [0.25, 0.3) is 10.1 Å². The molecule has 0 radical (unpaired) electrons. The Labute approximate surface area is 157 Å². The highest BCUT2D eigenvalue weighted by Gasteiger charge is 2.20. The minimum atomic E-state index is -0.724. The number of ether oxygens (including phenoxy) is 1. The number of carbonyl (C=O) groups excluding carboxylic acids is 3. The van der Waals surface area contributed by atoms with Crippen LogP contribution in [0.5, 0.6) is 0 Å². The summed E-state index contributed by atoms with van der Waals surface area (Å²) in [7, 11) is 0. The topological polar surface area (TPSA) is 84.5 Å². The summed E-state index contributed by atoms with van der Waals surface area (Å²) in [6.07, 6.45) is 0. The van der Waals surface area contributed by atoms with Crippen molar-refractivity contribution in [2.45, 2.75) is 6.92 Å². The van der Waals surface area contributed by atoms with Gasteiger partial charge in [0.1, 0.15) is 10.7 Å². The van der Waals surface area contributed by atoms with Crippen molar-refractivity contribution in [3.8, 4) is 0 Å². The zero-order valence-corrected chi connectivity index (χ0v) is 15.1. The molecular formula is C19H15FN2O4S. The molecule has 2 N–H and O–H groups in total. The van der Waals surface area contributed by atoms with Crippen LogP contribution < -0.4 is 10.9 Å². The van der Waals surface area contributed by atoms with Crippen molar-refractivity contribution in [1.29, 1.82) is 0 Å². The van der Waals surface area contributed by atoms with Crippen molar-refractivity contribution < 1.29 is 23.5 Å². The molecule has 0 atom stereocenters. The molecule has 138 valence electrons. The monoisotopic (exact) mass is 386 g/mol. The third-order valence-corrected chi connectivity index (χ3v) is 5.01. The minimum absolute atomic E-state index is 0.233. The first-order valence-corrected chi connectivity index (χ1v) is 8.78. The van der Waals surface area contributed by atoms with E-state index in [1.807, 2.05) is 0 Å². The highest BCUT2D eigenvalue weighted by Crippen LogP contribution is 2.32. The van der Waals surface area contributed by atoms with Crippen LogP contribution in [0.1, 0.15) is 25.6 Å². The Kier molecular flexibility index (Phi) is 5.46. The summed E-state index contributed by atoms with van der Waals surface area (Å²) in [6.45, 7) is 1.04. The first-order chi connectivity index (χ1) is 13.0. The van der Waals surface area contributed by atoms with Gasteiger partial charge in [-0.05, 0) is 36.8 Å². The average molecular weight is 386 g/mol. The maximum Gasteiger partial charge on any atom is 0.349 e. The van der Waals surface area contributed by atoms with Crippen molar-refractivity contribution in [2.24, 2.45) is 0 Å². The number of hydrogen-bond acceptors (Lipinski definition) is 5. The summed E-state index contributed by atoms with van der Waals surface area (Å²) < 4.78 is 19.5. The minimum Gasteiger partial charge on any atom is -0.451 e. The number of aryl methyl sites for hydroxylation is 1. The lowest BCUT2D eigenvalue weighted by atomic mass is 10.1. The number of halogens is 1. The smallest absolute Gasteiger partial charge is 0.349 e. The molecule has 6 nitrogen and oxygen atoms in total. The van der Waals surface area contributed by atoms with Gasteiger partial charge in [-0.1, -0.05) is 24.3 Å². The molecule has 3 aromatic rings. The highest BCUT2D eigenvalue weighted by molar-refractivity contribution is 7.21. The molecule has 2 amide bonds. The number of rotatable bonds is 4. The van der Waals surface area contributed by atoms with Crippen LogP contribution in [0, 0.1) is 12.7 Å². The van der Waals surface area contributed by atoms with Crippen LogP contribution in [0.15, 0.2) is 48.5 Å². The molecule has 2 aromatic carbocycles. The summed E-state index contributed by atoms with van der Waals surface area (Å²) in [5.74, 6) is -2.33. The van der Waals surface area contributed by atoms with Gasteiger partial charge in [0.2, 0.25) is 0 Å². The van der Waals surface area contributed by atoms with E-state index >= 15 is 0 Å². The van der Waals surface area contributed by atoms with E-state index in [9.17, 15) is 18.8 Å². The van der Waals surface area contributed by atoms with Crippen molar-refractivity contribution >= 4 is 39.2 Å². The molecule has 0 saturated carbocycles. The van der Waals surface area contributed by atoms with E-state index in [2.05, 4.69) is 10.9 Å². The Morgan fingerprint density at radius 2 is 1.78 bits per heavy atom. The number of esters is 1. The quantitative estimate of drug-likeness (QED) is 0.533. The predicted octanol–water partition coefficient (Wildman–Crippen LogP) is 2.97. The Hall–Kier alpha value is -3.26. The number of amides is 2. The van der Waals surface area contributed by atoms with Crippen LogP contribution in [0.3, 0.4) is 0 Å². The molecule has 1 heterocycles. The Morgan fingerprint density at radius 1 is 1.04 bits per heavy atom. The van der Waals surface area contributed by atoms with E-state index in [1.165, 1.54) is 6.07 Å². The summed E-state index contributed by atoms with van der Waals surface area (Å²) in [5, 5.41) is 0.369. The normalized spacial score (nSPS) is 10.4. The predicted molar refractivity (Wildman–Crippen MR) is 98.9 cm³/mol. The van der Waals surface area contributed by atoms with Gasteiger partial charge in [0.25, 0.3) is 11.8 Å². The fourth-order valence-electron chi connectivity index (χ4n) is 2.47. The lowest BCUT2D eigenvalue weighted by Gasteiger charge is -2.08. The third kappa shape index (κ3) is 4.12. The standard InChI is InChI=1S/C19H15FN2O4S/c1-11-16-13(20)8-5-9-14(16)27-17(11)19(25)26-10-15(23)21-22-18(24)12-6-3-2-4-7-12/h2-9H,10H2,1H3,(H,21,23)(H,22,24). The molecule has 8 heteroatoms. The summed E-state index contributed by atoms with van der Waals surface area (Å²) in [4.78, 5) is 36.0. The van der Waals surface area contributed by atoms with Gasteiger partial charge in [-0.2, -0.15) is 0 Å². The second-order valence-electron chi connectivity index (χ2n) is 5.61. The summed E-state index contributed by atoms with van der Waals surface area (Å²) in [5.41, 5.74) is 5.23. The van der Waals surface area contributed by atoms with E-state index in [1.54, 1.807) is 49.4 Å². The third-order valence-electron chi connectivity index (χ3n) is 3.77. The lowest BCUT2D eigenvalue weighted by molar-refractivity contribution is -0.125. The molecule has 0 saturated heterocycles. The van der Waals surface area contributed by atoms with Crippen LogP contribution in [-0.2, 0) is 9.53 Å². The maximum absolute atomic E-state index is 13.9. The Balaban J connectivity index is 1.56. The lowest BCUT2D eigenvalue weighted by Crippen LogP contribution is -2.43. The number of hydrogen-bond donors (Lipinski definition) is 2. The number of benzene rings is 2. The molecule has 3 rings (SSSR count). The van der Waals surface area contributed by atoms with Crippen LogP contribution in [0.4, 0.5) is 4.39 Å². The van der Waals surface area contributed by atoms with Crippen LogP contribution in [0.2, 0.25) is 0 Å². The molecule has 27 heavy (non-hydrogen) atoms. The number of carbonyl (C=O) groups is 3. The molecular weight excluding hydrogens is 371 g/mol. The fourth-order valence-corrected chi connectivity index (χ4v) is 3.59. The zero-order chi connectivity index (χ0) is 19.4. The molecule has 0 spiro atoms. The van der Waals surface area contributed by atoms with Crippen molar-refractivity contribution in [3.63, 3.8) is 0 Å². The average Bonchev–Trinajstić information content (AvgIpc) is 3.02. The maximum atomic E-state index is 13.9. The van der Waals surface area contributed by atoms with Gasteiger partial charge in [0.15, 0.2) is 6.61 Å². The van der Waals surface area contributed by atoms with Gasteiger partial charge >= 0.3 is 5.97 Å². The van der Waals surface area contributed by atoms with Gasteiger partial charge in [-0.25, -0.2) is 9.18 Å². The van der Waals surface area contributed by atoms with Crippen LogP contribution in [-0.4, -0.2) is 24.4 Å². The van der Waals surface area contributed by atoms with Crippen LogP contribution >= 0.6 is 11.3 Å². The van der Waals surface area contributed by atoms with Crippen molar-refractivity contribution in [1.82, 2.24) is 10.9 Å². The first-order valence-electron chi connectivity index (χ1n) is 7.96. The van der Waals surface area contributed by atoms with E-state index in [4.69, 9.17) is 4.74 Å². The van der Waals surface area contributed by atoms with E-state index in [0.717, 1.165) is 11.3 Å². The van der Waals surface area contributed by atoms with Crippen molar-refractivity contribution in [3.05, 3.63) is 70.4 Å². The molecule has 0 aliphatic heterocycles. The second-order valence-corrected chi connectivity index (χ2v) is 6.67. The second kappa shape index (κ2) is 7.96. The number of thiophene rings is 1. The molecule has 0 bridgehead atoms. The Bertz CT molecular complexity index is 1020. The molecule has 0 aliphatic rings. The molecule has 0 unspecified atom stereocenters. The van der Waals surface area contributed by atoms with E-state index in [0.29, 0.717) is 21.2 Å². The van der Waals surface area contributed by atoms with Gasteiger partial charge in [-0.15, -0.1) is 11.3 Å². The van der Waals surface area contributed by atoms with Gasteiger partial charge < -0.3 is 4.74 Å². The Morgan fingerprint density at radius 3 is 2.48 bits per heavy atom. The summed E-state index contributed by atoms with van der Waals surface area (Å²) in [6, 6.07) is 12.9. The number of nitrogens with one attached hydrogen (secondary N) is 2. The van der Waals surface area contributed by atoms with Gasteiger partial charge in [-0.3, -0.25) is 20.4 Å². The zero-order valence-electron chi connectivity index (χ0n) is 14.2. The first kappa shape index (κ1) is 18.5. The number of hydrazine groups is 1. The highest BCUT2D eigenvalue weighted by atomic mass is 32.1. The largest absolute Gasteiger partial charge is 0.451 e. The summed E-state index contributed by atoms with van der Waals surface area (Å²) >= 11 is 1.10. The SMILES string of the molecule is Cc1c(C(=O)OCC(=O)NNC(=O)c2ccccc2)sc2cccc(F)c12. The van der Waals surface area contributed by atoms with Crippen molar-refractivity contribution in [2.75, 3.05) is 6.61 Å².